The summed E-state index contributed by atoms with van der Waals surface area (Å²) in [5.74, 6) is -0.354. The maximum atomic E-state index is 12.8. The predicted octanol–water partition coefficient (Wildman–Crippen LogP) is 1.97. The van der Waals surface area contributed by atoms with Gasteiger partial charge in [-0.25, -0.2) is 4.79 Å². The first-order valence-electron chi connectivity index (χ1n) is 8.81. The molecule has 11 heteroatoms. The quantitative estimate of drug-likeness (QED) is 0.476. The molecule has 0 fully saturated rings. The number of aryl methyl sites for hydroxylation is 1. The molecule has 0 saturated carbocycles. The predicted molar refractivity (Wildman–Crippen MR) is 104 cm³/mol. The topological polar surface area (TPSA) is 116 Å². The van der Waals surface area contributed by atoms with E-state index in [0.29, 0.717) is 35.8 Å². The van der Waals surface area contributed by atoms with Crippen molar-refractivity contribution in [2.75, 3.05) is 11.4 Å². The molecule has 0 N–H and O–H groups in total. The van der Waals surface area contributed by atoms with Crippen LogP contribution in [0, 0.1) is 10.1 Å². The number of carbonyl (C=O) groups excluding carboxylic acids is 1. The number of carbonyl (C=O) groups is 1. The van der Waals surface area contributed by atoms with E-state index in [1.54, 1.807) is 30.3 Å². The number of fused-ring (bicyclic) bond motifs is 1. The van der Waals surface area contributed by atoms with Crippen molar-refractivity contribution in [2.45, 2.75) is 19.4 Å². The molecular weight excluding hydrogens is 400 g/mol. The summed E-state index contributed by atoms with van der Waals surface area (Å²) in [4.78, 5) is 37.5. The van der Waals surface area contributed by atoms with Gasteiger partial charge >= 0.3 is 5.69 Å². The number of tetrazole rings is 1. The van der Waals surface area contributed by atoms with Crippen LogP contribution in [0.2, 0.25) is 5.02 Å². The SMILES string of the molecule is O=C(Cn1nnn(-c2ccccc2Cl)c1=O)N1CCCc2cc([N+](=O)[O-])ccc21. The Morgan fingerprint density at radius 3 is 2.72 bits per heavy atom. The van der Waals surface area contributed by atoms with Crippen molar-refractivity contribution in [3.8, 4) is 5.69 Å². The third-order valence-electron chi connectivity index (χ3n) is 4.70. The summed E-state index contributed by atoms with van der Waals surface area (Å²) < 4.78 is 1.99. The smallest absolute Gasteiger partial charge is 0.311 e. The molecule has 0 bridgehead atoms. The average molecular weight is 415 g/mol. The molecule has 1 aliphatic heterocycles. The first-order chi connectivity index (χ1) is 14.0. The van der Waals surface area contributed by atoms with Gasteiger partial charge < -0.3 is 4.90 Å². The van der Waals surface area contributed by atoms with Gasteiger partial charge in [0.2, 0.25) is 5.91 Å². The molecule has 1 amide bonds. The lowest BCUT2D eigenvalue weighted by molar-refractivity contribution is -0.384. The van der Waals surface area contributed by atoms with Crippen LogP contribution in [0.15, 0.2) is 47.3 Å². The summed E-state index contributed by atoms with van der Waals surface area (Å²) in [5, 5.41) is 18.9. The molecule has 0 atom stereocenters. The molecule has 1 aliphatic rings. The van der Waals surface area contributed by atoms with Crippen LogP contribution in [0.25, 0.3) is 5.69 Å². The number of aromatic nitrogens is 4. The molecule has 0 radical (unpaired) electrons. The number of nitro benzene ring substituents is 1. The summed E-state index contributed by atoms with van der Waals surface area (Å²) in [5.41, 5.74) is 1.10. The summed E-state index contributed by atoms with van der Waals surface area (Å²) in [6.07, 6.45) is 1.31. The van der Waals surface area contributed by atoms with E-state index in [9.17, 15) is 19.7 Å². The Balaban J connectivity index is 1.60. The average Bonchev–Trinajstić information content (AvgIpc) is 3.07. The molecule has 148 valence electrons. The fourth-order valence-corrected chi connectivity index (χ4v) is 3.53. The van der Waals surface area contributed by atoms with E-state index in [2.05, 4.69) is 10.4 Å². The highest BCUT2D eigenvalue weighted by Crippen LogP contribution is 2.30. The summed E-state index contributed by atoms with van der Waals surface area (Å²) in [6.45, 7) is 0.150. The Kier molecular flexibility index (Phi) is 4.85. The van der Waals surface area contributed by atoms with Gasteiger partial charge in [0.25, 0.3) is 5.69 Å². The molecule has 0 unspecified atom stereocenters. The highest BCUT2D eigenvalue weighted by Gasteiger charge is 2.25. The lowest BCUT2D eigenvalue weighted by Crippen LogP contribution is -2.40. The largest absolute Gasteiger partial charge is 0.369 e. The van der Waals surface area contributed by atoms with Gasteiger partial charge in [-0.2, -0.15) is 9.36 Å². The van der Waals surface area contributed by atoms with E-state index in [0.717, 1.165) is 14.9 Å². The Labute approximate surface area is 169 Å². The Morgan fingerprint density at radius 1 is 1.17 bits per heavy atom. The number of nitrogens with zero attached hydrogens (tertiary/aromatic N) is 6. The summed E-state index contributed by atoms with van der Waals surface area (Å²) >= 11 is 6.10. The van der Waals surface area contributed by atoms with E-state index < -0.39 is 10.6 Å². The van der Waals surface area contributed by atoms with Crippen LogP contribution in [-0.2, 0) is 17.8 Å². The summed E-state index contributed by atoms with van der Waals surface area (Å²) in [6, 6.07) is 11.1. The van der Waals surface area contributed by atoms with Crippen LogP contribution in [0.4, 0.5) is 11.4 Å². The van der Waals surface area contributed by atoms with Crippen molar-refractivity contribution >= 4 is 28.9 Å². The third-order valence-corrected chi connectivity index (χ3v) is 5.02. The van der Waals surface area contributed by atoms with Crippen molar-refractivity contribution in [3.63, 3.8) is 0 Å². The second-order valence-electron chi connectivity index (χ2n) is 6.50. The van der Waals surface area contributed by atoms with Gasteiger partial charge in [-0.3, -0.25) is 14.9 Å². The van der Waals surface area contributed by atoms with Gasteiger partial charge in [0.15, 0.2) is 0 Å². The van der Waals surface area contributed by atoms with Crippen molar-refractivity contribution < 1.29 is 9.72 Å². The van der Waals surface area contributed by atoms with Crippen molar-refractivity contribution in [1.82, 2.24) is 19.8 Å². The van der Waals surface area contributed by atoms with E-state index in [4.69, 9.17) is 11.6 Å². The second-order valence-corrected chi connectivity index (χ2v) is 6.91. The summed E-state index contributed by atoms with van der Waals surface area (Å²) in [7, 11) is 0. The number of rotatable bonds is 4. The number of para-hydroxylation sites is 1. The Morgan fingerprint density at radius 2 is 1.97 bits per heavy atom. The van der Waals surface area contributed by atoms with E-state index >= 15 is 0 Å². The Bertz CT molecular complexity index is 1170. The van der Waals surface area contributed by atoms with Gasteiger partial charge in [-0.05, 0) is 47.0 Å². The zero-order chi connectivity index (χ0) is 20.5. The van der Waals surface area contributed by atoms with Gasteiger partial charge in [-0.1, -0.05) is 23.7 Å². The van der Waals surface area contributed by atoms with Crippen LogP contribution in [0.3, 0.4) is 0 Å². The lowest BCUT2D eigenvalue weighted by Gasteiger charge is -2.29. The molecule has 1 aromatic heterocycles. The van der Waals surface area contributed by atoms with E-state index in [1.165, 1.54) is 17.0 Å². The molecule has 4 rings (SSSR count). The number of hydrogen-bond acceptors (Lipinski definition) is 6. The monoisotopic (exact) mass is 414 g/mol. The highest BCUT2D eigenvalue weighted by atomic mass is 35.5. The first-order valence-corrected chi connectivity index (χ1v) is 9.19. The van der Waals surface area contributed by atoms with Crippen LogP contribution >= 0.6 is 11.6 Å². The molecular formula is C18H15ClN6O4. The highest BCUT2D eigenvalue weighted by molar-refractivity contribution is 6.32. The minimum atomic E-state index is -0.590. The zero-order valence-electron chi connectivity index (χ0n) is 15.1. The fourth-order valence-electron chi connectivity index (χ4n) is 3.32. The van der Waals surface area contributed by atoms with Gasteiger partial charge in [-0.15, -0.1) is 0 Å². The normalized spacial score (nSPS) is 13.2. The molecule has 0 saturated heterocycles. The van der Waals surface area contributed by atoms with E-state index in [1.807, 2.05) is 0 Å². The maximum absolute atomic E-state index is 12.8. The second kappa shape index (κ2) is 7.47. The van der Waals surface area contributed by atoms with E-state index in [-0.39, 0.29) is 18.1 Å². The van der Waals surface area contributed by atoms with Crippen molar-refractivity contribution in [1.29, 1.82) is 0 Å². The molecule has 0 spiro atoms. The van der Waals surface area contributed by atoms with Gasteiger partial charge in [0.1, 0.15) is 6.54 Å². The third kappa shape index (κ3) is 3.49. The molecule has 2 aromatic carbocycles. The van der Waals surface area contributed by atoms with Crippen LogP contribution < -0.4 is 10.6 Å². The molecule has 2 heterocycles. The van der Waals surface area contributed by atoms with Gasteiger partial charge in [0.05, 0.1) is 15.6 Å². The number of anilines is 1. The Hall–Kier alpha value is -3.53. The minimum Gasteiger partial charge on any atom is -0.311 e. The molecule has 29 heavy (non-hydrogen) atoms. The number of benzene rings is 2. The fraction of sp³-hybridized carbons (Fsp3) is 0.222. The van der Waals surface area contributed by atoms with Crippen molar-refractivity contribution in [2.24, 2.45) is 0 Å². The zero-order valence-corrected chi connectivity index (χ0v) is 15.8. The van der Waals surface area contributed by atoms with Crippen molar-refractivity contribution in [3.05, 3.63) is 73.6 Å². The number of nitro groups is 1. The number of non-ortho nitro benzene ring substituents is 1. The molecule has 10 nitrogen and oxygen atoms in total. The maximum Gasteiger partial charge on any atom is 0.369 e. The van der Waals surface area contributed by atoms with Gasteiger partial charge in [0, 0.05) is 24.4 Å². The number of amides is 1. The van der Waals surface area contributed by atoms with Crippen LogP contribution in [-0.4, -0.2) is 37.2 Å². The molecule has 0 aliphatic carbocycles. The lowest BCUT2D eigenvalue weighted by atomic mass is 10.0. The molecule has 3 aromatic rings. The van der Waals surface area contributed by atoms with Crippen LogP contribution in [0.5, 0.6) is 0 Å². The first kappa shape index (κ1) is 18.8. The number of halogens is 1. The standard InChI is InChI=1S/C18H15ClN6O4/c19-14-5-1-2-6-16(14)24-18(27)23(20-21-24)11-17(26)22-9-3-4-12-10-13(25(28)29)7-8-15(12)22/h1-2,5-8,10H,3-4,9,11H2. The minimum absolute atomic E-state index is 0.0167. The number of hydrogen-bond donors (Lipinski definition) is 0. The van der Waals surface area contributed by atoms with Crippen LogP contribution in [0.1, 0.15) is 12.0 Å².